The highest BCUT2D eigenvalue weighted by molar-refractivity contribution is 7.18. The Morgan fingerprint density at radius 1 is 1.32 bits per heavy atom. The Bertz CT molecular complexity index is 789. The Morgan fingerprint density at radius 2 is 2.09 bits per heavy atom. The first kappa shape index (κ1) is 14.5. The number of aryl methyl sites for hydroxylation is 1. The SMILES string of the molecule is Cc1cnc(NC(=O)NC(C)(C)c2nc3ccccc3s2)o1. The highest BCUT2D eigenvalue weighted by Gasteiger charge is 2.27. The summed E-state index contributed by atoms with van der Waals surface area (Å²) < 4.78 is 6.32. The van der Waals surface area contributed by atoms with E-state index in [0.717, 1.165) is 15.2 Å². The van der Waals surface area contributed by atoms with Crippen LogP contribution in [0.2, 0.25) is 0 Å². The molecule has 0 aliphatic rings. The fourth-order valence-electron chi connectivity index (χ4n) is 2.02. The fraction of sp³-hybridized carbons (Fsp3) is 0.267. The van der Waals surface area contributed by atoms with Gasteiger partial charge < -0.3 is 9.73 Å². The van der Waals surface area contributed by atoms with Crippen LogP contribution in [0.4, 0.5) is 10.8 Å². The van der Waals surface area contributed by atoms with Crippen LogP contribution < -0.4 is 10.6 Å². The zero-order valence-electron chi connectivity index (χ0n) is 12.5. The number of fused-ring (bicyclic) bond motifs is 1. The second-order valence-electron chi connectivity index (χ2n) is 5.47. The average molecular weight is 316 g/mol. The zero-order chi connectivity index (χ0) is 15.7. The molecule has 0 saturated carbocycles. The second kappa shape index (κ2) is 5.42. The van der Waals surface area contributed by atoms with Crippen molar-refractivity contribution in [2.24, 2.45) is 0 Å². The van der Waals surface area contributed by atoms with Crippen LogP contribution in [0, 0.1) is 6.92 Å². The van der Waals surface area contributed by atoms with Crippen molar-refractivity contribution >= 4 is 33.6 Å². The summed E-state index contributed by atoms with van der Waals surface area (Å²) in [4.78, 5) is 20.6. The molecule has 0 unspecified atom stereocenters. The van der Waals surface area contributed by atoms with Crippen LogP contribution in [0.1, 0.15) is 24.6 Å². The molecule has 3 aromatic rings. The molecule has 0 aliphatic heterocycles. The molecule has 0 bridgehead atoms. The van der Waals surface area contributed by atoms with Crippen molar-refractivity contribution in [3.8, 4) is 0 Å². The van der Waals surface area contributed by atoms with Crippen molar-refractivity contribution in [3.63, 3.8) is 0 Å². The number of anilines is 1. The summed E-state index contributed by atoms with van der Waals surface area (Å²) in [5.74, 6) is 0.640. The number of hydrogen-bond acceptors (Lipinski definition) is 5. The van der Waals surface area contributed by atoms with Gasteiger partial charge in [-0.25, -0.2) is 14.8 Å². The number of carbonyl (C=O) groups is 1. The Kier molecular flexibility index (Phi) is 3.58. The van der Waals surface area contributed by atoms with Crippen LogP contribution >= 0.6 is 11.3 Å². The molecule has 2 heterocycles. The lowest BCUT2D eigenvalue weighted by atomic mass is 10.1. The van der Waals surface area contributed by atoms with E-state index in [4.69, 9.17) is 4.42 Å². The molecule has 0 radical (unpaired) electrons. The van der Waals surface area contributed by atoms with Crippen LogP contribution in [-0.2, 0) is 5.54 Å². The van der Waals surface area contributed by atoms with E-state index >= 15 is 0 Å². The van der Waals surface area contributed by atoms with Gasteiger partial charge in [0.2, 0.25) is 0 Å². The lowest BCUT2D eigenvalue weighted by Gasteiger charge is -2.23. The number of urea groups is 1. The van der Waals surface area contributed by atoms with E-state index in [1.807, 2.05) is 38.1 Å². The van der Waals surface area contributed by atoms with Gasteiger partial charge in [-0.1, -0.05) is 12.1 Å². The molecule has 0 spiro atoms. The number of oxazole rings is 1. The van der Waals surface area contributed by atoms with Crippen molar-refractivity contribution in [1.82, 2.24) is 15.3 Å². The first-order valence-electron chi connectivity index (χ1n) is 6.82. The number of para-hydroxylation sites is 1. The van der Waals surface area contributed by atoms with Crippen LogP contribution in [0.25, 0.3) is 10.2 Å². The van der Waals surface area contributed by atoms with Gasteiger partial charge in [0.15, 0.2) is 0 Å². The highest BCUT2D eigenvalue weighted by Crippen LogP contribution is 2.29. The molecular weight excluding hydrogens is 300 g/mol. The molecule has 0 fully saturated rings. The van der Waals surface area contributed by atoms with Gasteiger partial charge in [0.25, 0.3) is 0 Å². The molecule has 3 rings (SSSR count). The van der Waals surface area contributed by atoms with Crippen molar-refractivity contribution in [1.29, 1.82) is 0 Å². The summed E-state index contributed by atoms with van der Waals surface area (Å²) in [6, 6.07) is 7.69. The number of benzene rings is 1. The minimum atomic E-state index is -0.602. The van der Waals surface area contributed by atoms with Gasteiger partial charge in [-0.05, 0) is 32.9 Å². The number of rotatable bonds is 3. The maximum Gasteiger partial charge on any atom is 0.323 e. The maximum atomic E-state index is 12.1. The lowest BCUT2D eigenvalue weighted by molar-refractivity contribution is 0.241. The minimum absolute atomic E-state index is 0.176. The molecular formula is C15H16N4O2S. The molecule has 7 heteroatoms. The molecule has 22 heavy (non-hydrogen) atoms. The maximum absolute atomic E-state index is 12.1. The number of nitrogens with zero attached hydrogens (tertiary/aromatic N) is 2. The van der Waals surface area contributed by atoms with Gasteiger partial charge >= 0.3 is 12.0 Å². The number of hydrogen-bond donors (Lipinski definition) is 2. The number of aromatic nitrogens is 2. The third-order valence-corrected chi connectivity index (χ3v) is 4.46. The van der Waals surface area contributed by atoms with E-state index in [-0.39, 0.29) is 12.0 Å². The van der Waals surface area contributed by atoms with E-state index in [0.29, 0.717) is 5.76 Å². The topological polar surface area (TPSA) is 80.0 Å². The molecule has 0 atom stereocenters. The van der Waals surface area contributed by atoms with E-state index in [1.165, 1.54) is 0 Å². The predicted molar refractivity (Wildman–Crippen MR) is 86.0 cm³/mol. The van der Waals surface area contributed by atoms with Crippen LogP contribution in [0.5, 0.6) is 0 Å². The van der Waals surface area contributed by atoms with Crippen LogP contribution in [0.3, 0.4) is 0 Å². The Labute approximate surface area is 131 Å². The van der Waals surface area contributed by atoms with E-state index in [1.54, 1.807) is 24.5 Å². The van der Waals surface area contributed by atoms with Crippen LogP contribution in [0.15, 0.2) is 34.9 Å². The Morgan fingerprint density at radius 3 is 2.77 bits per heavy atom. The number of nitrogens with one attached hydrogen (secondary N) is 2. The molecule has 2 N–H and O–H groups in total. The number of thiazole rings is 1. The first-order valence-corrected chi connectivity index (χ1v) is 7.63. The highest BCUT2D eigenvalue weighted by atomic mass is 32.1. The van der Waals surface area contributed by atoms with E-state index in [2.05, 4.69) is 20.6 Å². The quantitative estimate of drug-likeness (QED) is 0.773. The summed E-state index contributed by atoms with van der Waals surface area (Å²) in [5, 5.41) is 6.30. The molecule has 2 aromatic heterocycles. The molecule has 2 amide bonds. The second-order valence-corrected chi connectivity index (χ2v) is 6.50. The van der Waals surface area contributed by atoms with Gasteiger partial charge in [-0.3, -0.25) is 5.32 Å². The van der Waals surface area contributed by atoms with Crippen LogP contribution in [-0.4, -0.2) is 16.0 Å². The Hall–Kier alpha value is -2.41. The largest absolute Gasteiger partial charge is 0.429 e. The Balaban J connectivity index is 1.75. The number of amides is 2. The summed E-state index contributed by atoms with van der Waals surface area (Å²) >= 11 is 1.56. The normalized spacial score (nSPS) is 11.6. The molecule has 114 valence electrons. The van der Waals surface area contributed by atoms with Gasteiger partial charge in [0.1, 0.15) is 10.8 Å². The monoisotopic (exact) mass is 316 g/mol. The summed E-state index contributed by atoms with van der Waals surface area (Å²) in [7, 11) is 0. The van der Waals surface area contributed by atoms with Gasteiger partial charge in [0.05, 0.1) is 22.0 Å². The molecule has 1 aromatic carbocycles. The van der Waals surface area contributed by atoms with Crippen molar-refractivity contribution in [3.05, 3.63) is 41.2 Å². The molecule has 0 saturated heterocycles. The van der Waals surface area contributed by atoms with Gasteiger partial charge in [0, 0.05) is 0 Å². The standard InChI is InChI=1S/C15H16N4O2S/c1-9-8-16-14(21-9)18-13(20)19-15(2,3)12-17-10-6-4-5-7-11(10)22-12/h4-8H,1-3H3,(H2,16,18,19,20). The van der Waals surface area contributed by atoms with Crippen molar-refractivity contribution < 1.29 is 9.21 Å². The predicted octanol–water partition coefficient (Wildman–Crippen LogP) is 3.65. The summed E-state index contributed by atoms with van der Waals surface area (Å²) in [6.45, 7) is 5.58. The third-order valence-electron chi connectivity index (χ3n) is 3.10. The summed E-state index contributed by atoms with van der Waals surface area (Å²) in [5.41, 5.74) is 0.330. The third kappa shape index (κ3) is 2.94. The average Bonchev–Trinajstić information content (AvgIpc) is 3.04. The van der Waals surface area contributed by atoms with Crippen molar-refractivity contribution in [2.75, 3.05) is 5.32 Å². The lowest BCUT2D eigenvalue weighted by Crippen LogP contribution is -2.43. The van der Waals surface area contributed by atoms with Gasteiger partial charge in [-0.2, -0.15) is 0 Å². The van der Waals surface area contributed by atoms with Crippen molar-refractivity contribution in [2.45, 2.75) is 26.3 Å². The smallest absolute Gasteiger partial charge is 0.323 e. The molecule has 0 aliphatic carbocycles. The van der Waals surface area contributed by atoms with E-state index in [9.17, 15) is 4.79 Å². The van der Waals surface area contributed by atoms with Gasteiger partial charge in [-0.15, -0.1) is 11.3 Å². The van der Waals surface area contributed by atoms with E-state index < -0.39 is 5.54 Å². The zero-order valence-corrected chi connectivity index (χ0v) is 13.3. The minimum Gasteiger partial charge on any atom is -0.429 e. The summed E-state index contributed by atoms with van der Waals surface area (Å²) in [6.07, 6.45) is 1.55. The molecule has 6 nitrogen and oxygen atoms in total. The fourth-order valence-corrected chi connectivity index (χ4v) is 3.04. The number of carbonyl (C=O) groups excluding carboxylic acids is 1. The first-order chi connectivity index (χ1) is 10.4.